The quantitative estimate of drug-likeness (QED) is 0.854. The van der Waals surface area contributed by atoms with Crippen LogP contribution in [0, 0.1) is 22.9 Å². The highest BCUT2D eigenvalue weighted by atomic mass is 19.2. The van der Waals surface area contributed by atoms with Gasteiger partial charge in [0, 0.05) is 18.7 Å². The molecule has 0 bridgehead atoms. The van der Waals surface area contributed by atoms with Crippen LogP contribution in [0.15, 0.2) is 12.1 Å². The topological polar surface area (TPSA) is 57.6 Å². The minimum atomic E-state index is -1.62. The van der Waals surface area contributed by atoms with Gasteiger partial charge < -0.3 is 10.0 Å². The Morgan fingerprint density at radius 1 is 1.14 bits per heavy atom. The third-order valence-electron chi connectivity index (χ3n) is 3.90. The van der Waals surface area contributed by atoms with Crippen molar-refractivity contribution in [2.45, 2.75) is 19.8 Å². The number of piperidine rings is 1. The number of amides is 1. The van der Waals surface area contributed by atoms with Crippen LogP contribution >= 0.6 is 0 Å². The summed E-state index contributed by atoms with van der Waals surface area (Å²) in [5.41, 5.74) is -1.19. The number of carbonyl (C=O) groups excluding carboxylic acids is 1. The first-order valence-corrected chi connectivity index (χ1v) is 6.42. The number of benzene rings is 1. The maximum absolute atomic E-state index is 13.1. The van der Waals surface area contributed by atoms with Gasteiger partial charge in [-0.05, 0) is 31.9 Å². The van der Waals surface area contributed by atoms with Gasteiger partial charge in [-0.15, -0.1) is 0 Å². The van der Waals surface area contributed by atoms with Gasteiger partial charge in [-0.2, -0.15) is 0 Å². The zero-order valence-corrected chi connectivity index (χ0v) is 11.3. The number of nitrogens with zero attached hydrogens (tertiary/aromatic N) is 1. The van der Waals surface area contributed by atoms with Crippen molar-refractivity contribution in [2.75, 3.05) is 13.1 Å². The van der Waals surface area contributed by atoms with Gasteiger partial charge in [0.2, 0.25) is 0 Å². The van der Waals surface area contributed by atoms with Gasteiger partial charge in [0.1, 0.15) is 0 Å². The van der Waals surface area contributed by atoms with Gasteiger partial charge >= 0.3 is 5.97 Å². The third-order valence-corrected chi connectivity index (χ3v) is 3.90. The van der Waals surface area contributed by atoms with Crippen LogP contribution in [0.1, 0.15) is 30.1 Å². The number of halogens is 3. The standard InChI is InChI=1S/C14H14F3NO3/c1-14(13(20)21)2-4-18(5-3-14)12(19)8-6-9(15)11(17)10(16)7-8/h6-7H,2-5H2,1H3,(H,20,21). The average Bonchev–Trinajstić information content (AvgIpc) is 2.44. The van der Waals surface area contributed by atoms with E-state index in [4.69, 9.17) is 5.11 Å². The fourth-order valence-corrected chi connectivity index (χ4v) is 2.28. The van der Waals surface area contributed by atoms with E-state index >= 15 is 0 Å². The number of rotatable bonds is 2. The van der Waals surface area contributed by atoms with Crippen LogP contribution in [0.25, 0.3) is 0 Å². The van der Waals surface area contributed by atoms with E-state index in [0.717, 1.165) is 0 Å². The average molecular weight is 301 g/mol. The molecule has 1 aliphatic rings. The molecule has 1 aromatic rings. The van der Waals surface area contributed by atoms with E-state index in [1.165, 1.54) is 4.90 Å². The van der Waals surface area contributed by atoms with Crippen LogP contribution in [0.5, 0.6) is 0 Å². The Balaban J connectivity index is 2.14. The van der Waals surface area contributed by atoms with E-state index in [9.17, 15) is 22.8 Å². The van der Waals surface area contributed by atoms with Crippen LogP contribution in [0.2, 0.25) is 0 Å². The summed E-state index contributed by atoms with van der Waals surface area (Å²) in [6.45, 7) is 1.93. The molecule has 1 heterocycles. The maximum atomic E-state index is 13.1. The molecular formula is C14H14F3NO3. The summed E-state index contributed by atoms with van der Waals surface area (Å²) in [4.78, 5) is 24.5. The summed E-state index contributed by atoms with van der Waals surface area (Å²) in [5, 5.41) is 9.10. The molecule has 0 aliphatic carbocycles. The Bertz CT molecular complexity index is 572. The highest BCUT2D eigenvalue weighted by Crippen LogP contribution is 2.31. The highest BCUT2D eigenvalue weighted by Gasteiger charge is 2.38. The summed E-state index contributed by atoms with van der Waals surface area (Å²) in [5.74, 6) is -6.05. The molecule has 0 atom stereocenters. The predicted octanol–water partition coefficient (Wildman–Crippen LogP) is 2.43. The summed E-state index contributed by atoms with van der Waals surface area (Å²) < 4.78 is 39.1. The zero-order chi connectivity index (χ0) is 15.8. The highest BCUT2D eigenvalue weighted by molar-refractivity contribution is 5.94. The van der Waals surface area contributed by atoms with Crippen LogP contribution in [-0.2, 0) is 4.79 Å². The van der Waals surface area contributed by atoms with Gasteiger partial charge in [0.15, 0.2) is 17.5 Å². The molecule has 0 unspecified atom stereocenters. The lowest BCUT2D eigenvalue weighted by molar-refractivity contribution is -0.150. The molecule has 1 amide bonds. The normalized spacial score (nSPS) is 17.6. The number of carbonyl (C=O) groups is 2. The Kier molecular flexibility index (Phi) is 3.93. The monoisotopic (exact) mass is 301 g/mol. The summed E-state index contributed by atoms with van der Waals surface area (Å²) in [7, 11) is 0. The lowest BCUT2D eigenvalue weighted by Gasteiger charge is -2.36. The van der Waals surface area contributed by atoms with Crippen LogP contribution < -0.4 is 0 Å². The molecule has 0 spiro atoms. The maximum Gasteiger partial charge on any atom is 0.309 e. The van der Waals surface area contributed by atoms with Crippen molar-refractivity contribution >= 4 is 11.9 Å². The molecular weight excluding hydrogens is 287 g/mol. The number of carboxylic acid groups (broad SMARTS) is 1. The Labute approximate surface area is 119 Å². The van der Waals surface area contributed by atoms with E-state index < -0.39 is 34.7 Å². The van der Waals surface area contributed by atoms with Gasteiger partial charge in [-0.3, -0.25) is 9.59 Å². The molecule has 1 aromatic carbocycles. The molecule has 21 heavy (non-hydrogen) atoms. The number of hydrogen-bond acceptors (Lipinski definition) is 2. The Hall–Kier alpha value is -2.05. The SMILES string of the molecule is CC1(C(=O)O)CCN(C(=O)c2cc(F)c(F)c(F)c2)CC1. The summed E-state index contributed by atoms with van der Waals surface area (Å²) in [6, 6.07) is 1.29. The molecule has 1 N–H and O–H groups in total. The van der Waals surface area contributed by atoms with E-state index in [1.54, 1.807) is 6.92 Å². The van der Waals surface area contributed by atoms with E-state index in [-0.39, 0.29) is 31.5 Å². The molecule has 7 heteroatoms. The fourth-order valence-electron chi connectivity index (χ4n) is 2.28. The minimum absolute atomic E-state index is 0.169. The van der Waals surface area contributed by atoms with Crippen molar-refractivity contribution in [1.29, 1.82) is 0 Å². The van der Waals surface area contributed by atoms with Crippen LogP contribution in [0.4, 0.5) is 13.2 Å². The van der Waals surface area contributed by atoms with Crippen LogP contribution in [0.3, 0.4) is 0 Å². The van der Waals surface area contributed by atoms with Crippen molar-refractivity contribution < 1.29 is 27.9 Å². The second kappa shape index (κ2) is 5.38. The molecule has 1 aliphatic heterocycles. The molecule has 0 saturated carbocycles. The summed E-state index contributed by atoms with van der Waals surface area (Å²) >= 11 is 0. The molecule has 4 nitrogen and oxygen atoms in total. The minimum Gasteiger partial charge on any atom is -0.481 e. The fraction of sp³-hybridized carbons (Fsp3) is 0.429. The van der Waals surface area contributed by atoms with Crippen molar-refractivity contribution in [3.05, 3.63) is 35.1 Å². The number of likely N-dealkylation sites (tertiary alicyclic amines) is 1. The molecule has 0 radical (unpaired) electrons. The molecule has 1 saturated heterocycles. The number of hydrogen-bond donors (Lipinski definition) is 1. The van der Waals surface area contributed by atoms with Crippen molar-refractivity contribution in [3.8, 4) is 0 Å². The number of aliphatic carboxylic acids is 1. The van der Waals surface area contributed by atoms with Crippen LogP contribution in [-0.4, -0.2) is 35.0 Å². The lowest BCUT2D eigenvalue weighted by atomic mass is 9.80. The second-order valence-corrected chi connectivity index (χ2v) is 5.41. The Morgan fingerprint density at radius 2 is 1.62 bits per heavy atom. The Morgan fingerprint density at radius 3 is 2.05 bits per heavy atom. The molecule has 1 fully saturated rings. The van der Waals surface area contributed by atoms with Crippen molar-refractivity contribution in [2.24, 2.45) is 5.41 Å². The molecule has 114 valence electrons. The van der Waals surface area contributed by atoms with Gasteiger partial charge in [-0.1, -0.05) is 0 Å². The van der Waals surface area contributed by atoms with E-state index in [0.29, 0.717) is 12.1 Å². The van der Waals surface area contributed by atoms with Crippen molar-refractivity contribution in [1.82, 2.24) is 4.90 Å². The second-order valence-electron chi connectivity index (χ2n) is 5.41. The van der Waals surface area contributed by atoms with Gasteiger partial charge in [0.25, 0.3) is 5.91 Å². The summed E-state index contributed by atoms with van der Waals surface area (Å²) in [6.07, 6.45) is 0.500. The third kappa shape index (κ3) is 2.86. The first-order valence-electron chi connectivity index (χ1n) is 6.42. The van der Waals surface area contributed by atoms with Gasteiger partial charge in [0.05, 0.1) is 5.41 Å². The van der Waals surface area contributed by atoms with Crippen molar-refractivity contribution in [3.63, 3.8) is 0 Å². The van der Waals surface area contributed by atoms with E-state index in [1.807, 2.05) is 0 Å². The number of carboxylic acids is 1. The zero-order valence-electron chi connectivity index (χ0n) is 11.3. The smallest absolute Gasteiger partial charge is 0.309 e. The largest absolute Gasteiger partial charge is 0.481 e. The van der Waals surface area contributed by atoms with E-state index in [2.05, 4.69) is 0 Å². The molecule has 2 rings (SSSR count). The first-order chi connectivity index (χ1) is 9.74. The first kappa shape index (κ1) is 15.3. The predicted molar refractivity (Wildman–Crippen MR) is 67.2 cm³/mol. The lowest BCUT2D eigenvalue weighted by Crippen LogP contribution is -2.45. The van der Waals surface area contributed by atoms with Gasteiger partial charge in [-0.25, -0.2) is 13.2 Å². The molecule has 0 aromatic heterocycles.